The minimum atomic E-state index is -3.94. The van der Waals surface area contributed by atoms with E-state index in [1.165, 1.54) is 26.3 Å². The zero-order valence-corrected chi connectivity index (χ0v) is 14.8. The number of carboxylic acid groups (broad SMARTS) is 1. The lowest BCUT2D eigenvalue weighted by molar-refractivity contribution is 0.0696. The van der Waals surface area contributed by atoms with Crippen LogP contribution < -0.4 is 4.74 Å². The Kier molecular flexibility index (Phi) is 5.51. The molecule has 25 heavy (non-hydrogen) atoms. The van der Waals surface area contributed by atoms with Crippen LogP contribution >= 0.6 is 0 Å². The molecule has 1 aromatic heterocycles. The normalized spacial score (nSPS) is 11.7. The number of aromatic carboxylic acids is 1. The maximum atomic E-state index is 12.9. The number of aliphatic hydroxyl groups is 1. The highest BCUT2D eigenvalue weighted by atomic mass is 32.2. The lowest BCUT2D eigenvalue weighted by Gasteiger charge is -2.20. The molecule has 0 amide bonds. The second-order valence-corrected chi connectivity index (χ2v) is 7.44. The molecule has 0 unspecified atom stereocenters. The van der Waals surface area contributed by atoms with E-state index in [1.54, 1.807) is 13.0 Å². The summed E-state index contributed by atoms with van der Waals surface area (Å²) in [6.45, 7) is 0.994. The molecule has 0 spiro atoms. The standard InChI is InChI=1S/C16H19NO7S/c1-10-4-13(23-3)5-11(8-18)15(10)25(21,22)17(2)7-14-6-12(9-24-14)16(19)20/h4-6,9,18H,7-8H2,1-3H3,(H,19,20). The van der Waals surface area contributed by atoms with Crippen molar-refractivity contribution in [3.8, 4) is 5.75 Å². The molecular weight excluding hydrogens is 350 g/mol. The monoisotopic (exact) mass is 369 g/mol. The van der Waals surface area contributed by atoms with Crippen molar-refractivity contribution in [1.29, 1.82) is 0 Å². The van der Waals surface area contributed by atoms with Crippen molar-refractivity contribution in [3.63, 3.8) is 0 Å². The average molecular weight is 369 g/mol. The Morgan fingerprint density at radius 2 is 2.00 bits per heavy atom. The van der Waals surface area contributed by atoms with E-state index in [9.17, 15) is 18.3 Å². The van der Waals surface area contributed by atoms with Gasteiger partial charge in [0.2, 0.25) is 10.0 Å². The van der Waals surface area contributed by atoms with Crippen LogP contribution in [0.25, 0.3) is 0 Å². The van der Waals surface area contributed by atoms with Gasteiger partial charge < -0.3 is 19.4 Å². The van der Waals surface area contributed by atoms with E-state index in [0.29, 0.717) is 11.3 Å². The maximum Gasteiger partial charge on any atom is 0.338 e. The number of furan rings is 1. The van der Waals surface area contributed by atoms with Crippen molar-refractivity contribution in [2.24, 2.45) is 0 Å². The van der Waals surface area contributed by atoms with E-state index < -0.39 is 22.6 Å². The van der Waals surface area contributed by atoms with Crippen molar-refractivity contribution in [2.45, 2.75) is 25.0 Å². The lowest BCUT2D eigenvalue weighted by atomic mass is 10.1. The average Bonchev–Trinajstić information content (AvgIpc) is 3.02. The van der Waals surface area contributed by atoms with Gasteiger partial charge in [0.15, 0.2) is 0 Å². The molecule has 0 fully saturated rings. The highest BCUT2D eigenvalue weighted by molar-refractivity contribution is 7.89. The van der Waals surface area contributed by atoms with Crippen molar-refractivity contribution in [1.82, 2.24) is 4.31 Å². The molecule has 0 saturated heterocycles. The number of ether oxygens (including phenoxy) is 1. The number of aliphatic hydroxyl groups excluding tert-OH is 1. The van der Waals surface area contributed by atoms with E-state index >= 15 is 0 Å². The smallest absolute Gasteiger partial charge is 0.338 e. The van der Waals surface area contributed by atoms with Crippen LogP contribution in [-0.2, 0) is 23.2 Å². The Bertz CT molecular complexity index is 886. The summed E-state index contributed by atoms with van der Waals surface area (Å²) < 4.78 is 37.0. The maximum absolute atomic E-state index is 12.9. The van der Waals surface area contributed by atoms with Gasteiger partial charge in [-0.05, 0) is 30.7 Å². The molecule has 0 atom stereocenters. The Balaban J connectivity index is 2.38. The first-order chi connectivity index (χ1) is 11.7. The van der Waals surface area contributed by atoms with E-state index in [4.69, 9.17) is 14.3 Å². The molecule has 0 bridgehead atoms. The van der Waals surface area contributed by atoms with E-state index in [1.807, 2.05) is 0 Å². The molecule has 1 heterocycles. The summed E-state index contributed by atoms with van der Waals surface area (Å²) in [4.78, 5) is 10.9. The number of sulfonamides is 1. The number of methoxy groups -OCH3 is 1. The number of rotatable bonds is 7. The third-order valence-electron chi connectivity index (χ3n) is 3.68. The number of benzene rings is 1. The topological polar surface area (TPSA) is 117 Å². The molecule has 0 aliphatic rings. The summed E-state index contributed by atoms with van der Waals surface area (Å²) in [7, 11) is -1.13. The molecule has 1 aromatic carbocycles. The summed E-state index contributed by atoms with van der Waals surface area (Å²) in [6.07, 6.45) is 1.05. The number of hydrogen-bond acceptors (Lipinski definition) is 6. The van der Waals surface area contributed by atoms with Gasteiger partial charge in [0, 0.05) is 12.6 Å². The third kappa shape index (κ3) is 3.84. The van der Waals surface area contributed by atoms with Crippen LogP contribution in [-0.4, -0.2) is 43.1 Å². The molecule has 2 aromatic rings. The minimum absolute atomic E-state index is 0.0108. The molecule has 0 saturated carbocycles. The molecule has 0 radical (unpaired) electrons. The molecule has 136 valence electrons. The van der Waals surface area contributed by atoms with Crippen LogP contribution in [0.4, 0.5) is 0 Å². The Hall–Kier alpha value is -2.36. The van der Waals surface area contributed by atoms with E-state index in [-0.39, 0.29) is 28.3 Å². The molecule has 8 nitrogen and oxygen atoms in total. The van der Waals surface area contributed by atoms with Crippen LogP contribution in [0.2, 0.25) is 0 Å². The van der Waals surface area contributed by atoms with Gasteiger partial charge in [-0.25, -0.2) is 13.2 Å². The van der Waals surface area contributed by atoms with Gasteiger partial charge >= 0.3 is 5.97 Å². The Morgan fingerprint density at radius 1 is 1.32 bits per heavy atom. The van der Waals surface area contributed by atoms with Gasteiger partial charge in [-0.15, -0.1) is 0 Å². The summed E-state index contributed by atoms with van der Waals surface area (Å²) in [5.41, 5.74) is 0.591. The first kappa shape index (κ1) is 19.0. The van der Waals surface area contributed by atoms with Gasteiger partial charge in [0.05, 0.1) is 30.7 Å². The summed E-state index contributed by atoms with van der Waals surface area (Å²) in [5.74, 6) is -0.519. The number of hydrogen-bond donors (Lipinski definition) is 2. The number of aryl methyl sites for hydroxylation is 1. The van der Waals surface area contributed by atoms with E-state index in [2.05, 4.69) is 0 Å². The van der Waals surface area contributed by atoms with Gasteiger partial charge in [-0.3, -0.25) is 0 Å². The predicted molar refractivity (Wildman–Crippen MR) is 88.0 cm³/mol. The molecule has 2 rings (SSSR count). The summed E-state index contributed by atoms with van der Waals surface area (Å²) >= 11 is 0. The van der Waals surface area contributed by atoms with E-state index in [0.717, 1.165) is 10.6 Å². The molecule has 0 aliphatic heterocycles. The fraction of sp³-hybridized carbons (Fsp3) is 0.312. The first-order valence-corrected chi connectivity index (χ1v) is 8.70. The molecular formula is C16H19NO7S. The molecule has 9 heteroatoms. The van der Waals surface area contributed by atoms with Crippen LogP contribution in [0, 0.1) is 6.92 Å². The zero-order chi connectivity index (χ0) is 18.8. The lowest BCUT2D eigenvalue weighted by Crippen LogP contribution is -2.28. The SMILES string of the molecule is COc1cc(C)c(S(=O)(=O)N(C)Cc2cc(C(=O)O)co2)c(CO)c1. The Morgan fingerprint density at radius 3 is 2.52 bits per heavy atom. The highest BCUT2D eigenvalue weighted by Crippen LogP contribution is 2.29. The van der Waals surface area contributed by atoms with Crippen molar-refractivity contribution < 1.29 is 32.6 Å². The highest BCUT2D eigenvalue weighted by Gasteiger charge is 2.27. The van der Waals surface area contributed by atoms with Gasteiger partial charge in [0.1, 0.15) is 17.8 Å². The van der Waals surface area contributed by atoms with Crippen molar-refractivity contribution in [2.75, 3.05) is 14.2 Å². The van der Waals surface area contributed by atoms with Crippen molar-refractivity contribution in [3.05, 3.63) is 46.9 Å². The van der Waals surface area contributed by atoms with Crippen LogP contribution in [0.15, 0.2) is 33.8 Å². The summed E-state index contributed by atoms with van der Waals surface area (Å²) in [5, 5.41) is 18.4. The van der Waals surface area contributed by atoms with Gasteiger partial charge in [-0.1, -0.05) is 0 Å². The predicted octanol–water partition coefficient (Wildman–Crippen LogP) is 1.61. The van der Waals surface area contributed by atoms with Gasteiger partial charge in [-0.2, -0.15) is 4.31 Å². The molecule has 0 aliphatic carbocycles. The summed E-state index contributed by atoms with van der Waals surface area (Å²) in [6, 6.07) is 4.29. The Labute approximate surface area is 145 Å². The fourth-order valence-electron chi connectivity index (χ4n) is 2.45. The number of nitrogens with zero attached hydrogens (tertiary/aromatic N) is 1. The zero-order valence-electron chi connectivity index (χ0n) is 14.0. The second kappa shape index (κ2) is 7.26. The van der Waals surface area contributed by atoms with Crippen LogP contribution in [0.1, 0.15) is 27.2 Å². The third-order valence-corrected chi connectivity index (χ3v) is 5.73. The van der Waals surface area contributed by atoms with Crippen molar-refractivity contribution >= 4 is 16.0 Å². The van der Waals surface area contributed by atoms with Crippen LogP contribution in [0.3, 0.4) is 0 Å². The minimum Gasteiger partial charge on any atom is -0.497 e. The second-order valence-electron chi connectivity index (χ2n) is 5.46. The van der Waals surface area contributed by atoms with Crippen LogP contribution in [0.5, 0.6) is 5.75 Å². The number of carboxylic acids is 1. The first-order valence-electron chi connectivity index (χ1n) is 7.26. The number of carbonyl (C=O) groups is 1. The fourth-order valence-corrected chi connectivity index (χ4v) is 3.98. The largest absolute Gasteiger partial charge is 0.497 e. The molecule has 2 N–H and O–H groups in total. The quantitative estimate of drug-likeness (QED) is 0.761. The van der Waals surface area contributed by atoms with Gasteiger partial charge in [0.25, 0.3) is 0 Å².